The Balaban J connectivity index is 1.41. The molecule has 7 nitrogen and oxygen atoms in total. The maximum Gasteiger partial charge on any atom is 0.230 e. The lowest BCUT2D eigenvalue weighted by Gasteiger charge is -2.27. The van der Waals surface area contributed by atoms with Gasteiger partial charge < -0.3 is 14.6 Å². The van der Waals surface area contributed by atoms with Crippen LogP contribution in [0.2, 0.25) is 0 Å². The van der Waals surface area contributed by atoms with Gasteiger partial charge in [-0.15, -0.1) is 10.2 Å². The number of benzene rings is 2. The number of carbonyl (C=O) groups excluding carboxylic acids is 1. The number of hydrogen-bond acceptors (Lipinski definition) is 6. The lowest BCUT2D eigenvalue weighted by atomic mass is 10.2. The van der Waals surface area contributed by atoms with Crippen molar-refractivity contribution < 1.29 is 18.3 Å². The Morgan fingerprint density at radius 3 is 2.33 bits per heavy atom. The molecule has 174 valence electrons. The van der Waals surface area contributed by atoms with E-state index in [-0.39, 0.29) is 23.3 Å². The van der Waals surface area contributed by atoms with Crippen LogP contribution in [0.4, 0.5) is 8.78 Å². The van der Waals surface area contributed by atoms with Gasteiger partial charge in [-0.3, -0.25) is 9.69 Å². The van der Waals surface area contributed by atoms with Crippen molar-refractivity contribution in [3.8, 4) is 11.4 Å². The smallest absolute Gasteiger partial charge is 0.230 e. The van der Waals surface area contributed by atoms with Crippen LogP contribution in [0.3, 0.4) is 0 Å². The summed E-state index contributed by atoms with van der Waals surface area (Å²) in [5, 5.41) is 12.1. The van der Waals surface area contributed by atoms with Crippen molar-refractivity contribution in [2.24, 2.45) is 0 Å². The zero-order valence-corrected chi connectivity index (χ0v) is 18.9. The lowest BCUT2D eigenvalue weighted by molar-refractivity contribution is -0.118. The molecular weight excluding hydrogens is 448 g/mol. The van der Waals surface area contributed by atoms with Gasteiger partial charge in [0.25, 0.3) is 0 Å². The number of aromatic nitrogens is 3. The summed E-state index contributed by atoms with van der Waals surface area (Å²) >= 11 is 1.30. The molecule has 0 atom stereocenters. The highest BCUT2D eigenvalue weighted by Gasteiger charge is 2.18. The predicted octanol–water partition coefficient (Wildman–Crippen LogP) is 2.96. The first-order valence-corrected chi connectivity index (χ1v) is 11.7. The van der Waals surface area contributed by atoms with Gasteiger partial charge in [0.15, 0.2) is 11.0 Å². The van der Waals surface area contributed by atoms with Crippen LogP contribution in [-0.2, 0) is 22.6 Å². The highest BCUT2D eigenvalue weighted by Crippen LogP contribution is 2.24. The Morgan fingerprint density at radius 1 is 0.970 bits per heavy atom. The topological polar surface area (TPSA) is 72.3 Å². The summed E-state index contributed by atoms with van der Waals surface area (Å²) in [6.45, 7) is 4.90. The second-order valence-electron chi connectivity index (χ2n) is 7.61. The molecule has 0 bridgehead atoms. The van der Waals surface area contributed by atoms with E-state index in [1.807, 2.05) is 4.57 Å². The number of amides is 1. The molecule has 3 aromatic rings. The van der Waals surface area contributed by atoms with Crippen molar-refractivity contribution in [2.45, 2.75) is 18.2 Å². The number of thioether (sulfide) groups is 1. The van der Waals surface area contributed by atoms with Crippen molar-refractivity contribution in [3.63, 3.8) is 0 Å². The van der Waals surface area contributed by atoms with E-state index in [2.05, 4.69) is 20.4 Å². The summed E-state index contributed by atoms with van der Waals surface area (Å²) in [5.41, 5.74) is 1.58. The van der Waals surface area contributed by atoms with Crippen LogP contribution in [0.25, 0.3) is 11.4 Å². The third-order valence-electron chi connectivity index (χ3n) is 5.30. The molecule has 1 amide bonds. The molecular formula is C23H25F2N5O2S. The molecule has 0 unspecified atom stereocenters. The highest BCUT2D eigenvalue weighted by molar-refractivity contribution is 7.99. The summed E-state index contributed by atoms with van der Waals surface area (Å²) in [4.78, 5) is 14.7. The summed E-state index contributed by atoms with van der Waals surface area (Å²) in [6, 6.07) is 12.1. The summed E-state index contributed by atoms with van der Waals surface area (Å²) in [7, 11) is 0. The van der Waals surface area contributed by atoms with Crippen molar-refractivity contribution in [2.75, 3.05) is 38.6 Å². The van der Waals surface area contributed by atoms with Gasteiger partial charge in [-0.1, -0.05) is 23.9 Å². The molecule has 0 saturated carbocycles. The molecule has 1 aliphatic rings. The largest absolute Gasteiger partial charge is 0.379 e. The highest BCUT2D eigenvalue weighted by atomic mass is 32.2. The zero-order chi connectivity index (χ0) is 23.0. The van der Waals surface area contributed by atoms with Crippen LogP contribution in [0, 0.1) is 11.6 Å². The number of halogens is 2. The molecule has 1 aromatic heterocycles. The van der Waals surface area contributed by atoms with Crippen LogP contribution >= 0.6 is 11.8 Å². The van der Waals surface area contributed by atoms with Crippen LogP contribution in [0.1, 0.15) is 5.56 Å². The van der Waals surface area contributed by atoms with Gasteiger partial charge in [0.05, 0.1) is 19.0 Å². The van der Waals surface area contributed by atoms with E-state index in [9.17, 15) is 13.6 Å². The van der Waals surface area contributed by atoms with Crippen molar-refractivity contribution in [3.05, 3.63) is 65.7 Å². The average Bonchev–Trinajstić information content (AvgIpc) is 3.25. The van der Waals surface area contributed by atoms with E-state index in [1.165, 1.54) is 36.0 Å². The fourth-order valence-electron chi connectivity index (χ4n) is 3.46. The second-order valence-corrected chi connectivity index (χ2v) is 8.55. The van der Waals surface area contributed by atoms with Crippen LogP contribution in [-0.4, -0.2) is 64.2 Å². The molecule has 0 spiro atoms. The molecule has 1 saturated heterocycles. The number of carbonyl (C=O) groups is 1. The standard InChI is InChI=1S/C23H25F2N5O2S/c24-19-5-1-17(2-6-19)15-26-21(31)16-33-23-28-27-22(18-3-7-20(25)8-4-18)30(23)10-9-29-11-13-32-14-12-29/h1-8H,9-16H2,(H,26,31). The Morgan fingerprint density at radius 2 is 1.64 bits per heavy atom. The Hall–Kier alpha value is -2.82. The third kappa shape index (κ3) is 6.59. The minimum atomic E-state index is -0.314. The quantitative estimate of drug-likeness (QED) is 0.482. The van der Waals surface area contributed by atoms with Gasteiger partial charge in [0, 0.05) is 38.3 Å². The van der Waals surface area contributed by atoms with Gasteiger partial charge >= 0.3 is 0 Å². The third-order valence-corrected chi connectivity index (χ3v) is 6.26. The first kappa shape index (κ1) is 23.3. The SMILES string of the molecule is O=C(CSc1nnc(-c2ccc(F)cc2)n1CCN1CCOCC1)NCc1ccc(F)cc1. The minimum absolute atomic E-state index is 0.157. The molecule has 1 aliphatic heterocycles. The average molecular weight is 474 g/mol. The molecule has 1 fully saturated rings. The number of nitrogens with one attached hydrogen (secondary N) is 1. The zero-order valence-electron chi connectivity index (χ0n) is 18.0. The fraction of sp³-hybridized carbons (Fsp3) is 0.348. The maximum absolute atomic E-state index is 13.4. The molecule has 33 heavy (non-hydrogen) atoms. The van der Waals surface area contributed by atoms with Gasteiger partial charge in [0.1, 0.15) is 11.6 Å². The first-order valence-electron chi connectivity index (χ1n) is 10.7. The van der Waals surface area contributed by atoms with E-state index in [0.29, 0.717) is 37.3 Å². The lowest BCUT2D eigenvalue weighted by Crippen LogP contribution is -2.38. The van der Waals surface area contributed by atoms with Crippen LogP contribution < -0.4 is 5.32 Å². The molecule has 10 heteroatoms. The maximum atomic E-state index is 13.4. The minimum Gasteiger partial charge on any atom is -0.379 e. The Kier molecular flexibility index (Phi) is 8.03. The molecule has 0 radical (unpaired) electrons. The number of ether oxygens (including phenoxy) is 1. The van der Waals surface area contributed by atoms with Crippen LogP contribution in [0.5, 0.6) is 0 Å². The van der Waals surface area contributed by atoms with E-state index < -0.39 is 0 Å². The van der Waals surface area contributed by atoms with Gasteiger partial charge in [-0.05, 0) is 42.0 Å². The van der Waals surface area contributed by atoms with Crippen molar-refractivity contribution in [1.29, 1.82) is 0 Å². The summed E-state index contributed by atoms with van der Waals surface area (Å²) < 4.78 is 33.8. The van der Waals surface area contributed by atoms with Gasteiger partial charge in [0.2, 0.25) is 5.91 Å². The second kappa shape index (κ2) is 11.4. The fourth-order valence-corrected chi connectivity index (χ4v) is 4.25. The number of morpholine rings is 1. The van der Waals surface area contributed by atoms with E-state index in [1.54, 1.807) is 24.3 Å². The van der Waals surface area contributed by atoms with Crippen molar-refractivity contribution >= 4 is 17.7 Å². The predicted molar refractivity (Wildman–Crippen MR) is 122 cm³/mol. The van der Waals surface area contributed by atoms with E-state index in [4.69, 9.17) is 4.74 Å². The normalized spacial score (nSPS) is 14.4. The number of nitrogens with zero attached hydrogens (tertiary/aromatic N) is 4. The molecule has 4 rings (SSSR count). The molecule has 1 N–H and O–H groups in total. The van der Waals surface area contributed by atoms with E-state index >= 15 is 0 Å². The molecule has 2 heterocycles. The Labute approximate surface area is 195 Å². The number of rotatable bonds is 9. The molecule has 0 aliphatic carbocycles. The van der Waals surface area contributed by atoms with Crippen LogP contribution in [0.15, 0.2) is 53.7 Å². The summed E-state index contributed by atoms with van der Waals surface area (Å²) in [6.07, 6.45) is 0. The monoisotopic (exact) mass is 473 g/mol. The number of hydrogen-bond donors (Lipinski definition) is 1. The Bertz CT molecular complexity index is 1050. The van der Waals surface area contributed by atoms with E-state index in [0.717, 1.165) is 30.8 Å². The first-order chi connectivity index (χ1) is 16.1. The molecule has 2 aromatic carbocycles. The van der Waals surface area contributed by atoms with Gasteiger partial charge in [-0.25, -0.2) is 8.78 Å². The van der Waals surface area contributed by atoms with Crippen molar-refractivity contribution in [1.82, 2.24) is 25.0 Å². The summed E-state index contributed by atoms with van der Waals surface area (Å²) in [5.74, 6) is 0.0211. The van der Waals surface area contributed by atoms with Gasteiger partial charge in [-0.2, -0.15) is 0 Å².